The van der Waals surface area contributed by atoms with Crippen LogP contribution in [0.25, 0.3) is 0 Å². The number of hydrogen-bond donors (Lipinski definition) is 1. The summed E-state index contributed by atoms with van der Waals surface area (Å²) < 4.78 is 0. The SMILES string of the molecule is CC(C)(C(=NO)c1cccnc1)c1cccnc1. The summed E-state index contributed by atoms with van der Waals surface area (Å²) in [6.45, 7) is 3.98. The Morgan fingerprint density at radius 3 is 2.28 bits per heavy atom. The van der Waals surface area contributed by atoms with Crippen LogP contribution in [-0.4, -0.2) is 20.9 Å². The highest BCUT2D eigenvalue weighted by atomic mass is 16.4. The molecule has 2 aromatic rings. The van der Waals surface area contributed by atoms with Gasteiger partial charge in [-0.05, 0) is 37.6 Å². The molecule has 0 aliphatic carbocycles. The summed E-state index contributed by atoms with van der Waals surface area (Å²) in [4.78, 5) is 8.16. The van der Waals surface area contributed by atoms with Gasteiger partial charge < -0.3 is 5.21 Å². The Balaban J connectivity index is 2.46. The average molecular weight is 241 g/mol. The Morgan fingerprint density at radius 1 is 1.11 bits per heavy atom. The van der Waals surface area contributed by atoms with Gasteiger partial charge in [0, 0.05) is 35.8 Å². The molecular formula is C14H15N3O. The van der Waals surface area contributed by atoms with E-state index in [2.05, 4.69) is 15.1 Å². The Hall–Kier alpha value is -2.23. The lowest BCUT2D eigenvalue weighted by molar-refractivity contribution is 0.314. The maximum atomic E-state index is 9.32. The van der Waals surface area contributed by atoms with Crippen molar-refractivity contribution in [2.24, 2.45) is 5.16 Å². The van der Waals surface area contributed by atoms with Crippen LogP contribution in [0.15, 0.2) is 54.2 Å². The zero-order chi connectivity index (χ0) is 13.0. The van der Waals surface area contributed by atoms with E-state index < -0.39 is 5.41 Å². The fraction of sp³-hybridized carbons (Fsp3) is 0.214. The number of hydrogen-bond acceptors (Lipinski definition) is 4. The summed E-state index contributed by atoms with van der Waals surface area (Å²) in [5, 5.41) is 12.8. The van der Waals surface area contributed by atoms with Crippen molar-refractivity contribution in [3.63, 3.8) is 0 Å². The first-order chi connectivity index (χ1) is 8.66. The molecule has 92 valence electrons. The predicted molar refractivity (Wildman–Crippen MR) is 69.8 cm³/mol. The molecule has 18 heavy (non-hydrogen) atoms. The lowest BCUT2D eigenvalue weighted by Crippen LogP contribution is -2.30. The van der Waals surface area contributed by atoms with E-state index in [1.54, 1.807) is 24.8 Å². The van der Waals surface area contributed by atoms with Crippen LogP contribution in [0.5, 0.6) is 0 Å². The second-order valence-corrected chi connectivity index (χ2v) is 4.56. The summed E-state index contributed by atoms with van der Waals surface area (Å²) in [5.74, 6) is 0. The molecule has 0 aliphatic rings. The molecule has 0 spiro atoms. The van der Waals surface area contributed by atoms with Gasteiger partial charge in [0.15, 0.2) is 0 Å². The van der Waals surface area contributed by atoms with Gasteiger partial charge in [-0.1, -0.05) is 11.2 Å². The van der Waals surface area contributed by atoms with Crippen LogP contribution in [0.3, 0.4) is 0 Å². The molecule has 0 aliphatic heterocycles. The highest BCUT2D eigenvalue weighted by molar-refractivity contribution is 6.07. The zero-order valence-corrected chi connectivity index (χ0v) is 10.4. The molecule has 0 bridgehead atoms. The first-order valence-corrected chi connectivity index (χ1v) is 5.69. The number of pyridine rings is 2. The van der Waals surface area contributed by atoms with Gasteiger partial charge in [0.25, 0.3) is 0 Å². The highest BCUT2D eigenvalue weighted by Crippen LogP contribution is 2.27. The summed E-state index contributed by atoms with van der Waals surface area (Å²) in [6.07, 6.45) is 6.88. The molecule has 2 rings (SSSR count). The molecule has 0 aromatic carbocycles. The zero-order valence-electron chi connectivity index (χ0n) is 10.4. The van der Waals surface area contributed by atoms with Crippen LogP contribution in [0, 0.1) is 0 Å². The van der Waals surface area contributed by atoms with Gasteiger partial charge in [-0.3, -0.25) is 9.97 Å². The van der Waals surface area contributed by atoms with Crippen molar-refractivity contribution in [3.05, 3.63) is 60.2 Å². The van der Waals surface area contributed by atoms with Crippen LogP contribution in [0.2, 0.25) is 0 Å². The molecule has 0 saturated carbocycles. The summed E-state index contributed by atoms with van der Waals surface area (Å²) in [5.41, 5.74) is 1.92. The molecule has 0 radical (unpaired) electrons. The normalized spacial score (nSPS) is 12.4. The van der Waals surface area contributed by atoms with Gasteiger partial charge in [0.1, 0.15) is 0 Å². The predicted octanol–water partition coefficient (Wildman–Crippen LogP) is 2.63. The third kappa shape index (κ3) is 2.22. The number of aromatic nitrogens is 2. The molecule has 4 heteroatoms. The first kappa shape index (κ1) is 12.2. The smallest absolute Gasteiger partial charge is 0.0983 e. The molecule has 0 saturated heterocycles. The molecule has 0 fully saturated rings. The minimum atomic E-state index is -0.438. The summed E-state index contributed by atoms with van der Waals surface area (Å²) in [6, 6.07) is 7.53. The Morgan fingerprint density at radius 2 is 1.78 bits per heavy atom. The fourth-order valence-corrected chi connectivity index (χ4v) is 1.92. The molecule has 0 unspecified atom stereocenters. The van der Waals surface area contributed by atoms with Gasteiger partial charge in [0.2, 0.25) is 0 Å². The molecular weight excluding hydrogens is 226 g/mol. The van der Waals surface area contributed by atoms with E-state index in [0.29, 0.717) is 5.71 Å². The number of rotatable bonds is 3. The Labute approximate surface area is 106 Å². The maximum absolute atomic E-state index is 9.32. The second-order valence-electron chi connectivity index (χ2n) is 4.56. The third-order valence-corrected chi connectivity index (χ3v) is 3.01. The summed E-state index contributed by atoms with van der Waals surface area (Å²) >= 11 is 0. The highest BCUT2D eigenvalue weighted by Gasteiger charge is 2.29. The Bertz CT molecular complexity index is 535. The minimum Gasteiger partial charge on any atom is -0.411 e. The van der Waals surface area contributed by atoms with Gasteiger partial charge >= 0.3 is 0 Å². The molecule has 2 aromatic heterocycles. The van der Waals surface area contributed by atoms with Crippen LogP contribution >= 0.6 is 0 Å². The van der Waals surface area contributed by atoms with E-state index in [0.717, 1.165) is 11.1 Å². The Kier molecular flexibility index (Phi) is 3.37. The topological polar surface area (TPSA) is 58.4 Å². The van der Waals surface area contributed by atoms with E-state index >= 15 is 0 Å². The van der Waals surface area contributed by atoms with Crippen molar-refractivity contribution < 1.29 is 5.21 Å². The lowest BCUT2D eigenvalue weighted by Gasteiger charge is -2.25. The van der Waals surface area contributed by atoms with Gasteiger partial charge in [0.05, 0.1) is 5.71 Å². The van der Waals surface area contributed by atoms with E-state index in [-0.39, 0.29) is 0 Å². The molecule has 0 amide bonds. The lowest BCUT2D eigenvalue weighted by atomic mass is 9.78. The standard InChI is InChI=1S/C14H15N3O/c1-14(2,12-6-4-8-16-10-12)13(17-18)11-5-3-7-15-9-11/h3-10,18H,1-2H3. The van der Waals surface area contributed by atoms with Gasteiger partial charge in [-0.25, -0.2) is 0 Å². The largest absolute Gasteiger partial charge is 0.411 e. The molecule has 2 heterocycles. The first-order valence-electron chi connectivity index (χ1n) is 5.69. The van der Waals surface area contributed by atoms with Crippen LogP contribution in [0.4, 0.5) is 0 Å². The number of oxime groups is 1. The van der Waals surface area contributed by atoms with Crippen LogP contribution < -0.4 is 0 Å². The van der Waals surface area contributed by atoms with Gasteiger partial charge in [-0.15, -0.1) is 0 Å². The van der Waals surface area contributed by atoms with E-state index in [1.807, 2.05) is 38.1 Å². The third-order valence-electron chi connectivity index (χ3n) is 3.01. The monoisotopic (exact) mass is 241 g/mol. The number of nitrogens with zero attached hydrogens (tertiary/aromatic N) is 3. The minimum absolute atomic E-state index is 0.438. The van der Waals surface area contributed by atoms with Crippen LogP contribution in [-0.2, 0) is 5.41 Å². The fourth-order valence-electron chi connectivity index (χ4n) is 1.92. The van der Waals surface area contributed by atoms with Crippen molar-refractivity contribution in [1.29, 1.82) is 0 Å². The van der Waals surface area contributed by atoms with E-state index in [1.165, 1.54) is 0 Å². The van der Waals surface area contributed by atoms with Crippen molar-refractivity contribution in [2.75, 3.05) is 0 Å². The van der Waals surface area contributed by atoms with Crippen molar-refractivity contribution in [3.8, 4) is 0 Å². The molecule has 0 atom stereocenters. The molecule has 1 N–H and O–H groups in total. The summed E-state index contributed by atoms with van der Waals surface area (Å²) in [7, 11) is 0. The van der Waals surface area contributed by atoms with Crippen LogP contribution in [0.1, 0.15) is 25.0 Å². The van der Waals surface area contributed by atoms with Crippen molar-refractivity contribution >= 4 is 5.71 Å². The van der Waals surface area contributed by atoms with Crippen molar-refractivity contribution in [2.45, 2.75) is 19.3 Å². The average Bonchev–Trinajstić information content (AvgIpc) is 2.41. The quantitative estimate of drug-likeness (QED) is 0.510. The van der Waals surface area contributed by atoms with Crippen molar-refractivity contribution in [1.82, 2.24) is 9.97 Å². The molecule has 4 nitrogen and oxygen atoms in total. The second kappa shape index (κ2) is 4.96. The maximum Gasteiger partial charge on any atom is 0.0983 e. The van der Waals surface area contributed by atoms with Gasteiger partial charge in [-0.2, -0.15) is 0 Å². The van der Waals surface area contributed by atoms with E-state index in [4.69, 9.17) is 0 Å². The van der Waals surface area contributed by atoms with E-state index in [9.17, 15) is 5.21 Å².